The maximum Gasteiger partial charge on any atom is 0.345 e. The fraction of sp³-hybridized carbons (Fsp3) is 0.273. The number of methoxy groups -OCH3 is 1. The first kappa shape index (κ1) is 23.6. The quantitative estimate of drug-likeness (QED) is 0.288. The van der Waals surface area contributed by atoms with E-state index in [0.717, 1.165) is 13.2 Å². The Balaban J connectivity index is 1.93. The monoisotopic (exact) mass is 492 g/mol. The van der Waals surface area contributed by atoms with E-state index < -0.39 is 28.7 Å². The lowest BCUT2D eigenvalue weighted by Gasteiger charge is -2.29. The van der Waals surface area contributed by atoms with Gasteiger partial charge in [-0.15, -0.1) is 0 Å². The van der Waals surface area contributed by atoms with Gasteiger partial charge in [0, 0.05) is 24.2 Å². The molecule has 1 aromatic heterocycles. The Hall–Kier alpha value is -3.57. The van der Waals surface area contributed by atoms with Crippen molar-refractivity contribution >= 4 is 51.2 Å². The van der Waals surface area contributed by atoms with Crippen molar-refractivity contribution in [3.05, 3.63) is 62.8 Å². The SMILES string of the molecule is COC(=O)c1cc(N2CCOCC2)cc(Nc2cc(C(F)F)nc3c(Cl)cccc23)c1[N+](=O)[O-]. The topological polar surface area (TPSA) is 107 Å². The zero-order chi connectivity index (χ0) is 24.4. The van der Waals surface area contributed by atoms with Gasteiger partial charge in [0.2, 0.25) is 0 Å². The summed E-state index contributed by atoms with van der Waals surface area (Å²) in [5, 5.41) is 15.4. The maximum absolute atomic E-state index is 13.6. The van der Waals surface area contributed by atoms with Gasteiger partial charge < -0.3 is 19.7 Å². The lowest BCUT2D eigenvalue weighted by Crippen LogP contribution is -2.36. The van der Waals surface area contributed by atoms with E-state index in [4.69, 9.17) is 21.1 Å². The average Bonchev–Trinajstić information content (AvgIpc) is 2.83. The number of esters is 1. The third kappa shape index (κ3) is 4.57. The Kier molecular flexibility index (Phi) is 6.75. The van der Waals surface area contributed by atoms with Crippen LogP contribution >= 0.6 is 11.6 Å². The molecule has 12 heteroatoms. The molecule has 0 bridgehead atoms. The third-order valence-electron chi connectivity index (χ3n) is 5.36. The molecule has 0 atom stereocenters. The van der Waals surface area contributed by atoms with Crippen molar-refractivity contribution in [3.8, 4) is 0 Å². The van der Waals surface area contributed by atoms with Crippen molar-refractivity contribution in [3.63, 3.8) is 0 Å². The molecule has 0 radical (unpaired) electrons. The molecule has 1 fully saturated rings. The third-order valence-corrected chi connectivity index (χ3v) is 5.67. The summed E-state index contributed by atoms with van der Waals surface area (Å²) < 4.78 is 37.2. The van der Waals surface area contributed by atoms with E-state index in [1.807, 2.05) is 4.90 Å². The smallest absolute Gasteiger partial charge is 0.345 e. The van der Waals surface area contributed by atoms with Crippen LogP contribution in [0.3, 0.4) is 0 Å². The predicted octanol–water partition coefficient (Wildman–Crippen LogP) is 5.10. The lowest BCUT2D eigenvalue weighted by atomic mass is 10.1. The van der Waals surface area contributed by atoms with Gasteiger partial charge >= 0.3 is 11.7 Å². The normalized spacial score (nSPS) is 13.9. The van der Waals surface area contributed by atoms with Gasteiger partial charge in [-0.2, -0.15) is 0 Å². The van der Waals surface area contributed by atoms with Crippen LogP contribution in [-0.2, 0) is 9.47 Å². The Morgan fingerprint density at radius 2 is 2.00 bits per heavy atom. The lowest BCUT2D eigenvalue weighted by molar-refractivity contribution is -0.384. The molecule has 0 spiro atoms. The number of para-hydroxylation sites is 1. The number of alkyl halides is 2. The number of aromatic nitrogens is 1. The average molecular weight is 493 g/mol. The number of rotatable bonds is 6. The molecule has 1 aliphatic rings. The highest BCUT2D eigenvalue weighted by Crippen LogP contribution is 2.39. The summed E-state index contributed by atoms with van der Waals surface area (Å²) in [5.41, 5.74) is -0.683. The van der Waals surface area contributed by atoms with Crippen LogP contribution in [-0.4, -0.2) is 49.3 Å². The van der Waals surface area contributed by atoms with Gasteiger partial charge in [-0.1, -0.05) is 23.7 Å². The van der Waals surface area contributed by atoms with Gasteiger partial charge in [-0.05, 0) is 24.3 Å². The summed E-state index contributed by atoms with van der Waals surface area (Å²) >= 11 is 6.18. The number of hydrogen-bond acceptors (Lipinski definition) is 8. The molecule has 3 aromatic rings. The Morgan fingerprint density at radius 3 is 2.65 bits per heavy atom. The van der Waals surface area contributed by atoms with Crippen LogP contribution in [0.4, 0.5) is 31.5 Å². The number of ether oxygens (including phenoxy) is 2. The van der Waals surface area contributed by atoms with Crippen molar-refractivity contribution in [1.82, 2.24) is 4.98 Å². The Bertz CT molecular complexity index is 1270. The summed E-state index contributed by atoms with van der Waals surface area (Å²) in [6, 6.07) is 8.70. The molecule has 0 saturated carbocycles. The highest BCUT2D eigenvalue weighted by Gasteiger charge is 2.29. The molecule has 1 saturated heterocycles. The highest BCUT2D eigenvalue weighted by atomic mass is 35.5. The first-order valence-electron chi connectivity index (χ1n) is 10.2. The van der Waals surface area contributed by atoms with E-state index in [0.29, 0.717) is 37.4 Å². The number of anilines is 3. The van der Waals surface area contributed by atoms with E-state index in [1.54, 1.807) is 12.1 Å². The number of benzene rings is 2. The summed E-state index contributed by atoms with van der Waals surface area (Å²) in [7, 11) is 1.12. The number of nitrogens with zero attached hydrogens (tertiary/aromatic N) is 3. The van der Waals surface area contributed by atoms with Crippen molar-refractivity contribution in [2.75, 3.05) is 43.6 Å². The van der Waals surface area contributed by atoms with Crippen LogP contribution in [0.2, 0.25) is 5.02 Å². The number of carbonyl (C=O) groups is 1. The maximum atomic E-state index is 13.6. The summed E-state index contributed by atoms with van der Waals surface area (Å²) in [6.07, 6.45) is -2.90. The van der Waals surface area contributed by atoms with E-state index in [9.17, 15) is 23.7 Å². The van der Waals surface area contributed by atoms with Crippen LogP contribution in [0, 0.1) is 10.1 Å². The zero-order valence-electron chi connectivity index (χ0n) is 17.9. The second-order valence-electron chi connectivity index (χ2n) is 7.39. The van der Waals surface area contributed by atoms with Gasteiger partial charge in [0.05, 0.1) is 41.5 Å². The first-order chi connectivity index (χ1) is 16.3. The molecule has 0 unspecified atom stereocenters. The minimum atomic E-state index is -2.90. The minimum absolute atomic E-state index is 0.0675. The fourth-order valence-corrected chi connectivity index (χ4v) is 3.99. The largest absolute Gasteiger partial charge is 0.465 e. The molecule has 4 rings (SSSR count). The minimum Gasteiger partial charge on any atom is -0.465 e. The molecule has 2 aromatic carbocycles. The number of hydrogen-bond donors (Lipinski definition) is 1. The van der Waals surface area contributed by atoms with Crippen LogP contribution in [0.5, 0.6) is 0 Å². The van der Waals surface area contributed by atoms with Crippen LogP contribution in [0.25, 0.3) is 10.9 Å². The van der Waals surface area contributed by atoms with Crippen LogP contribution in [0.15, 0.2) is 36.4 Å². The van der Waals surface area contributed by atoms with Gasteiger partial charge in [-0.3, -0.25) is 10.1 Å². The van der Waals surface area contributed by atoms with Crippen molar-refractivity contribution in [2.45, 2.75) is 6.43 Å². The molecule has 0 aliphatic carbocycles. The van der Waals surface area contributed by atoms with Crippen molar-refractivity contribution < 1.29 is 28.0 Å². The van der Waals surface area contributed by atoms with E-state index >= 15 is 0 Å². The number of carbonyl (C=O) groups excluding carboxylic acids is 1. The van der Waals surface area contributed by atoms with E-state index in [-0.39, 0.29) is 27.5 Å². The number of pyridine rings is 1. The highest BCUT2D eigenvalue weighted by molar-refractivity contribution is 6.35. The molecule has 1 N–H and O–H groups in total. The van der Waals surface area contributed by atoms with Gasteiger partial charge in [0.15, 0.2) is 0 Å². The standard InChI is InChI=1S/C22H19ClF2N4O5/c1-33-22(30)14-9-12(28-5-7-34-8-6-28)10-17(20(14)29(31)32)26-16-11-18(21(24)25)27-19-13(16)3-2-4-15(19)23/h2-4,9-11,21H,5-8H2,1H3,(H,26,27). The number of nitro benzene ring substituents is 1. The predicted molar refractivity (Wildman–Crippen MR) is 122 cm³/mol. The van der Waals surface area contributed by atoms with E-state index in [1.165, 1.54) is 18.2 Å². The summed E-state index contributed by atoms with van der Waals surface area (Å²) in [5.74, 6) is -0.902. The molecule has 2 heterocycles. The molecular weight excluding hydrogens is 474 g/mol. The second kappa shape index (κ2) is 9.74. The Labute approximate surface area is 197 Å². The zero-order valence-corrected chi connectivity index (χ0v) is 18.6. The first-order valence-corrected chi connectivity index (χ1v) is 10.6. The van der Waals surface area contributed by atoms with Crippen molar-refractivity contribution in [1.29, 1.82) is 0 Å². The number of morpholine rings is 1. The fourth-order valence-electron chi connectivity index (χ4n) is 3.77. The van der Waals surface area contributed by atoms with E-state index in [2.05, 4.69) is 10.3 Å². The number of halogens is 3. The number of nitro groups is 1. The second-order valence-corrected chi connectivity index (χ2v) is 7.80. The Morgan fingerprint density at radius 1 is 1.26 bits per heavy atom. The van der Waals surface area contributed by atoms with Gasteiger partial charge in [0.25, 0.3) is 6.43 Å². The molecule has 9 nitrogen and oxygen atoms in total. The molecule has 0 amide bonds. The van der Waals surface area contributed by atoms with Crippen molar-refractivity contribution in [2.24, 2.45) is 0 Å². The molecule has 34 heavy (non-hydrogen) atoms. The van der Waals surface area contributed by atoms with Gasteiger partial charge in [-0.25, -0.2) is 18.6 Å². The van der Waals surface area contributed by atoms with Crippen LogP contribution in [0.1, 0.15) is 22.5 Å². The van der Waals surface area contributed by atoms with Gasteiger partial charge in [0.1, 0.15) is 16.9 Å². The summed E-state index contributed by atoms with van der Waals surface area (Å²) in [6.45, 7) is 1.89. The molecular formula is C22H19ClF2N4O5. The molecule has 1 aliphatic heterocycles. The number of nitrogens with one attached hydrogen (secondary N) is 1. The molecule has 178 valence electrons. The summed E-state index contributed by atoms with van der Waals surface area (Å²) in [4.78, 5) is 29.6. The number of fused-ring (bicyclic) bond motifs is 1. The van der Waals surface area contributed by atoms with Crippen LogP contribution < -0.4 is 10.2 Å².